The number of ether oxygens (including phenoxy) is 1. The van der Waals surface area contributed by atoms with Crippen LogP contribution in [0.3, 0.4) is 0 Å². The number of fused-ring (bicyclic) bond motifs is 7. The fourth-order valence-corrected chi connectivity index (χ4v) is 7.82. The standard InChI is InChI=1S/C47H27NO/c48-28-33-21-23-40-39-22-20-31(25-46(39)49-45-19-9-18-34(33)47(40)45)30-12-8-13-32(24-30)42-27-44-37-16-6-4-14-35(37)41(29-10-2-1-3-11-29)26-43(44)38-17-7-5-15-36(38)42/h1-27H. The number of nitrogens with zero attached hydrogens (tertiary/aromatic N) is 1. The lowest BCUT2D eigenvalue weighted by molar-refractivity contribution is 0.487. The quantitative estimate of drug-likeness (QED) is 0.184. The first kappa shape index (κ1) is 27.4. The Bertz CT molecular complexity index is 2860. The van der Waals surface area contributed by atoms with Crippen LogP contribution in [0.2, 0.25) is 0 Å². The molecule has 10 rings (SSSR count). The van der Waals surface area contributed by atoms with Gasteiger partial charge in [-0.1, -0.05) is 121 Å². The SMILES string of the molecule is N#Cc1ccc2c3c(cccc13)Oc1cc(-c3cccc(-c4cc5c6ccccc6c(-c6ccccc6)cc5c5ccccc45)c3)ccc1-2. The Kier molecular flexibility index (Phi) is 5.97. The van der Waals surface area contributed by atoms with Gasteiger partial charge in [0.05, 0.1) is 11.6 Å². The van der Waals surface area contributed by atoms with Crippen molar-refractivity contribution >= 4 is 43.1 Å². The molecule has 2 nitrogen and oxygen atoms in total. The summed E-state index contributed by atoms with van der Waals surface area (Å²) in [6, 6.07) is 60.6. The molecule has 0 aromatic heterocycles. The van der Waals surface area contributed by atoms with Crippen molar-refractivity contribution in [3.63, 3.8) is 0 Å². The molecule has 0 saturated heterocycles. The van der Waals surface area contributed by atoms with E-state index in [1.807, 2.05) is 30.3 Å². The predicted octanol–water partition coefficient (Wildman–Crippen LogP) is 12.9. The average molecular weight is 622 g/mol. The van der Waals surface area contributed by atoms with Crippen LogP contribution in [0.4, 0.5) is 0 Å². The molecule has 0 spiro atoms. The largest absolute Gasteiger partial charge is 0.456 e. The number of rotatable bonds is 3. The van der Waals surface area contributed by atoms with Crippen LogP contribution in [0.1, 0.15) is 5.56 Å². The third-order valence-corrected chi connectivity index (χ3v) is 10.1. The zero-order valence-corrected chi connectivity index (χ0v) is 26.4. The minimum absolute atomic E-state index is 0.659. The Morgan fingerprint density at radius 2 is 0.918 bits per heavy atom. The van der Waals surface area contributed by atoms with Crippen molar-refractivity contribution in [2.24, 2.45) is 0 Å². The lowest BCUT2D eigenvalue weighted by Crippen LogP contribution is -1.98. The van der Waals surface area contributed by atoms with Crippen molar-refractivity contribution in [3.05, 3.63) is 169 Å². The van der Waals surface area contributed by atoms with Crippen molar-refractivity contribution in [1.82, 2.24) is 0 Å². The molecule has 1 aliphatic rings. The number of nitriles is 1. The third kappa shape index (κ3) is 4.20. The molecular weight excluding hydrogens is 595 g/mol. The zero-order valence-electron chi connectivity index (χ0n) is 26.4. The van der Waals surface area contributed by atoms with Gasteiger partial charge in [-0.15, -0.1) is 0 Å². The van der Waals surface area contributed by atoms with E-state index in [9.17, 15) is 5.26 Å². The predicted molar refractivity (Wildman–Crippen MR) is 203 cm³/mol. The number of hydrogen-bond donors (Lipinski definition) is 0. The molecule has 49 heavy (non-hydrogen) atoms. The van der Waals surface area contributed by atoms with Gasteiger partial charge in [0, 0.05) is 16.3 Å². The summed E-state index contributed by atoms with van der Waals surface area (Å²) in [6.07, 6.45) is 0. The Morgan fingerprint density at radius 3 is 1.65 bits per heavy atom. The van der Waals surface area contributed by atoms with Gasteiger partial charge in [-0.2, -0.15) is 5.26 Å². The molecule has 0 fully saturated rings. The normalized spacial score (nSPS) is 11.8. The highest BCUT2D eigenvalue weighted by Gasteiger charge is 2.22. The molecule has 0 aliphatic carbocycles. The highest BCUT2D eigenvalue weighted by Crippen LogP contribution is 2.48. The molecule has 0 bridgehead atoms. The molecule has 0 saturated carbocycles. The Labute approximate surface area is 283 Å². The highest BCUT2D eigenvalue weighted by molar-refractivity contribution is 6.24. The first-order chi connectivity index (χ1) is 24.2. The molecule has 0 unspecified atom stereocenters. The molecule has 0 atom stereocenters. The van der Waals surface area contributed by atoms with E-state index in [-0.39, 0.29) is 0 Å². The second kappa shape index (κ2) is 10.7. The van der Waals surface area contributed by atoms with Crippen molar-refractivity contribution < 1.29 is 4.74 Å². The molecule has 0 N–H and O–H groups in total. The van der Waals surface area contributed by atoms with Crippen LogP contribution >= 0.6 is 0 Å². The molecule has 226 valence electrons. The summed E-state index contributed by atoms with van der Waals surface area (Å²) in [5, 5.41) is 19.1. The van der Waals surface area contributed by atoms with Crippen molar-refractivity contribution in [2.45, 2.75) is 0 Å². The molecule has 1 heterocycles. The molecule has 0 radical (unpaired) electrons. The van der Waals surface area contributed by atoms with Gasteiger partial charge < -0.3 is 4.74 Å². The minimum Gasteiger partial charge on any atom is -0.456 e. The lowest BCUT2D eigenvalue weighted by Gasteiger charge is -2.22. The molecule has 0 amide bonds. The first-order valence-corrected chi connectivity index (χ1v) is 16.6. The van der Waals surface area contributed by atoms with Crippen LogP contribution < -0.4 is 4.74 Å². The fraction of sp³-hybridized carbons (Fsp3) is 0. The summed E-state index contributed by atoms with van der Waals surface area (Å²) in [4.78, 5) is 0. The second-order valence-corrected chi connectivity index (χ2v) is 12.7. The van der Waals surface area contributed by atoms with Gasteiger partial charge in [-0.3, -0.25) is 0 Å². The summed E-state index contributed by atoms with van der Waals surface area (Å²) in [6.45, 7) is 0. The molecule has 2 heteroatoms. The third-order valence-electron chi connectivity index (χ3n) is 10.1. The van der Waals surface area contributed by atoms with E-state index < -0.39 is 0 Å². The smallest absolute Gasteiger partial charge is 0.135 e. The maximum atomic E-state index is 9.69. The van der Waals surface area contributed by atoms with Crippen LogP contribution in [0.5, 0.6) is 11.5 Å². The summed E-state index contributed by atoms with van der Waals surface area (Å²) in [7, 11) is 0. The van der Waals surface area contributed by atoms with Crippen molar-refractivity contribution in [2.75, 3.05) is 0 Å². The molecule has 1 aliphatic heterocycles. The lowest BCUT2D eigenvalue weighted by atomic mass is 9.87. The first-order valence-electron chi connectivity index (χ1n) is 16.6. The van der Waals surface area contributed by atoms with Crippen LogP contribution in [-0.2, 0) is 0 Å². The Hall–Kier alpha value is -6.69. The van der Waals surface area contributed by atoms with Crippen LogP contribution in [-0.4, -0.2) is 0 Å². The molecule has 9 aromatic rings. The van der Waals surface area contributed by atoms with Crippen molar-refractivity contribution in [3.8, 4) is 62.1 Å². The molecule has 9 aromatic carbocycles. The van der Waals surface area contributed by atoms with E-state index in [4.69, 9.17) is 4.74 Å². The van der Waals surface area contributed by atoms with Gasteiger partial charge in [0.25, 0.3) is 0 Å². The second-order valence-electron chi connectivity index (χ2n) is 12.7. The van der Waals surface area contributed by atoms with Gasteiger partial charge in [0.2, 0.25) is 0 Å². The monoisotopic (exact) mass is 621 g/mol. The van der Waals surface area contributed by atoms with Crippen molar-refractivity contribution in [1.29, 1.82) is 5.26 Å². The summed E-state index contributed by atoms with van der Waals surface area (Å²) < 4.78 is 6.50. The van der Waals surface area contributed by atoms with E-state index in [2.05, 4.69) is 140 Å². The maximum Gasteiger partial charge on any atom is 0.135 e. The van der Waals surface area contributed by atoms with Gasteiger partial charge in [-0.05, 0) is 114 Å². The minimum atomic E-state index is 0.659. The van der Waals surface area contributed by atoms with Gasteiger partial charge >= 0.3 is 0 Å². The highest BCUT2D eigenvalue weighted by atomic mass is 16.5. The summed E-state index contributed by atoms with van der Waals surface area (Å²) in [5.74, 6) is 1.61. The van der Waals surface area contributed by atoms with Gasteiger partial charge in [-0.25, -0.2) is 0 Å². The Morgan fingerprint density at radius 1 is 0.347 bits per heavy atom. The average Bonchev–Trinajstić information content (AvgIpc) is 3.17. The van der Waals surface area contributed by atoms with Crippen LogP contribution in [0, 0.1) is 11.3 Å². The van der Waals surface area contributed by atoms with E-state index in [1.54, 1.807) is 0 Å². The van der Waals surface area contributed by atoms with Crippen LogP contribution in [0.25, 0.3) is 87.6 Å². The Balaban J connectivity index is 1.14. The zero-order chi connectivity index (χ0) is 32.5. The van der Waals surface area contributed by atoms with E-state index in [1.165, 1.54) is 54.6 Å². The van der Waals surface area contributed by atoms with Gasteiger partial charge in [0.1, 0.15) is 11.5 Å². The maximum absolute atomic E-state index is 9.69. The van der Waals surface area contributed by atoms with E-state index >= 15 is 0 Å². The van der Waals surface area contributed by atoms with Crippen LogP contribution in [0.15, 0.2) is 164 Å². The molecular formula is C47H27NO. The van der Waals surface area contributed by atoms with E-state index in [0.29, 0.717) is 5.56 Å². The fourth-order valence-electron chi connectivity index (χ4n) is 7.82. The summed E-state index contributed by atoms with van der Waals surface area (Å²) in [5.41, 5.74) is 9.87. The number of hydrogen-bond acceptors (Lipinski definition) is 2. The summed E-state index contributed by atoms with van der Waals surface area (Å²) >= 11 is 0. The number of benzene rings is 9. The topological polar surface area (TPSA) is 33.0 Å². The van der Waals surface area contributed by atoms with E-state index in [0.717, 1.165) is 44.5 Å². The van der Waals surface area contributed by atoms with Gasteiger partial charge in [0.15, 0.2) is 0 Å².